The van der Waals surface area contributed by atoms with Crippen LogP contribution in [0.2, 0.25) is 0 Å². The number of hydrogen-bond acceptors (Lipinski definition) is 3. The lowest BCUT2D eigenvalue weighted by atomic mass is 10.1. The van der Waals surface area contributed by atoms with Gasteiger partial charge in [0.05, 0.1) is 10.7 Å². The Morgan fingerprint density at radius 2 is 2.05 bits per heavy atom. The molecule has 114 valence electrons. The average Bonchev–Trinajstić information content (AvgIpc) is 2.72. The van der Waals surface area contributed by atoms with Gasteiger partial charge >= 0.3 is 0 Å². The number of rotatable bonds is 5. The van der Waals surface area contributed by atoms with Crippen LogP contribution in [0.25, 0.3) is 0 Å². The van der Waals surface area contributed by atoms with E-state index in [2.05, 4.69) is 24.3 Å². The van der Waals surface area contributed by atoms with Crippen LogP contribution in [0, 0.1) is 19.7 Å². The van der Waals surface area contributed by atoms with E-state index in [0.29, 0.717) is 5.56 Å². The van der Waals surface area contributed by atoms with Crippen molar-refractivity contribution in [3.63, 3.8) is 0 Å². The maximum atomic E-state index is 13.9. The Hall–Kier alpha value is -1.33. The maximum Gasteiger partial charge on any atom is 0.126 e. The standard InChI is InChI=1S/C16H22FN3S/c1-6-18-12(4)13-9-14(17)10(2)7-15(13)21-16-8-11(3)19-20(16)5/h7-9,12,18H,6H2,1-5H3. The first-order valence-corrected chi connectivity index (χ1v) is 7.96. The molecule has 1 atom stereocenters. The van der Waals surface area contributed by atoms with Crippen LogP contribution in [0.3, 0.4) is 0 Å². The summed E-state index contributed by atoms with van der Waals surface area (Å²) in [5, 5.41) is 8.77. The third kappa shape index (κ3) is 3.66. The Balaban J connectivity index is 2.41. The zero-order chi connectivity index (χ0) is 15.6. The van der Waals surface area contributed by atoms with Gasteiger partial charge in [0.15, 0.2) is 0 Å². The molecule has 0 saturated heterocycles. The van der Waals surface area contributed by atoms with Gasteiger partial charge < -0.3 is 5.32 Å². The van der Waals surface area contributed by atoms with Crippen molar-refractivity contribution >= 4 is 11.8 Å². The summed E-state index contributed by atoms with van der Waals surface area (Å²) in [6, 6.07) is 5.73. The molecule has 5 heteroatoms. The molecular formula is C16H22FN3S. The smallest absolute Gasteiger partial charge is 0.126 e. The molecule has 1 unspecified atom stereocenters. The summed E-state index contributed by atoms with van der Waals surface area (Å²) in [5.41, 5.74) is 2.65. The lowest BCUT2D eigenvalue weighted by Crippen LogP contribution is -2.18. The van der Waals surface area contributed by atoms with Gasteiger partial charge in [0.1, 0.15) is 5.82 Å². The minimum Gasteiger partial charge on any atom is -0.310 e. The molecule has 3 nitrogen and oxygen atoms in total. The van der Waals surface area contributed by atoms with Crippen LogP contribution in [0.1, 0.15) is 36.7 Å². The van der Waals surface area contributed by atoms with Gasteiger partial charge in [-0.2, -0.15) is 5.10 Å². The molecule has 0 radical (unpaired) electrons. The minimum absolute atomic E-state index is 0.113. The van der Waals surface area contributed by atoms with E-state index in [1.807, 2.05) is 30.8 Å². The molecule has 0 bridgehead atoms. The average molecular weight is 307 g/mol. The van der Waals surface area contributed by atoms with Gasteiger partial charge in [-0.1, -0.05) is 18.7 Å². The highest BCUT2D eigenvalue weighted by atomic mass is 32.2. The van der Waals surface area contributed by atoms with E-state index in [9.17, 15) is 4.39 Å². The lowest BCUT2D eigenvalue weighted by Gasteiger charge is -2.18. The SMILES string of the molecule is CCNC(C)c1cc(F)c(C)cc1Sc1cc(C)nn1C. The zero-order valence-electron chi connectivity index (χ0n) is 13.2. The van der Waals surface area contributed by atoms with E-state index in [4.69, 9.17) is 0 Å². The molecule has 2 rings (SSSR count). The molecular weight excluding hydrogens is 285 g/mol. The third-order valence-electron chi connectivity index (χ3n) is 3.44. The van der Waals surface area contributed by atoms with Gasteiger partial charge in [-0.15, -0.1) is 0 Å². The summed E-state index contributed by atoms with van der Waals surface area (Å²) >= 11 is 1.63. The fourth-order valence-electron chi connectivity index (χ4n) is 2.31. The van der Waals surface area contributed by atoms with Crippen molar-refractivity contribution in [1.29, 1.82) is 0 Å². The van der Waals surface area contributed by atoms with Crippen LogP contribution in [0.4, 0.5) is 4.39 Å². The monoisotopic (exact) mass is 307 g/mol. The normalized spacial score (nSPS) is 12.7. The van der Waals surface area contributed by atoms with E-state index >= 15 is 0 Å². The minimum atomic E-state index is -0.153. The van der Waals surface area contributed by atoms with Gasteiger partial charge in [0, 0.05) is 18.0 Å². The van der Waals surface area contributed by atoms with Crippen molar-refractivity contribution in [1.82, 2.24) is 15.1 Å². The van der Waals surface area contributed by atoms with Crippen molar-refractivity contribution in [2.75, 3.05) is 6.54 Å². The van der Waals surface area contributed by atoms with Gasteiger partial charge in [0.25, 0.3) is 0 Å². The second-order valence-corrected chi connectivity index (χ2v) is 6.33. The highest BCUT2D eigenvalue weighted by Crippen LogP contribution is 2.35. The van der Waals surface area contributed by atoms with E-state index in [1.54, 1.807) is 24.8 Å². The molecule has 0 aliphatic heterocycles. The van der Waals surface area contributed by atoms with Crippen LogP contribution in [-0.2, 0) is 7.05 Å². The fourth-order valence-corrected chi connectivity index (χ4v) is 3.53. The van der Waals surface area contributed by atoms with Crippen molar-refractivity contribution in [2.24, 2.45) is 7.05 Å². The number of nitrogens with one attached hydrogen (secondary N) is 1. The van der Waals surface area contributed by atoms with Gasteiger partial charge in [-0.3, -0.25) is 4.68 Å². The molecule has 1 N–H and O–H groups in total. The van der Waals surface area contributed by atoms with E-state index < -0.39 is 0 Å². The molecule has 0 spiro atoms. The highest BCUT2D eigenvalue weighted by Gasteiger charge is 2.15. The molecule has 0 saturated carbocycles. The summed E-state index contributed by atoms with van der Waals surface area (Å²) in [6.45, 7) is 8.74. The first-order chi connectivity index (χ1) is 9.92. The van der Waals surface area contributed by atoms with E-state index in [0.717, 1.165) is 27.7 Å². The number of nitrogens with zero attached hydrogens (tertiary/aromatic N) is 2. The third-order valence-corrected chi connectivity index (χ3v) is 4.61. The van der Waals surface area contributed by atoms with Crippen molar-refractivity contribution in [3.8, 4) is 0 Å². The van der Waals surface area contributed by atoms with Crippen molar-refractivity contribution in [3.05, 3.63) is 40.8 Å². The second kappa shape index (κ2) is 6.62. The largest absolute Gasteiger partial charge is 0.310 e. The van der Waals surface area contributed by atoms with Crippen LogP contribution < -0.4 is 5.32 Å². The summed E-state index contributed by atoms with van der Waals surface area (Å²) < 4.78 is 15.8. The number of aromatic nitrogens is 2. The van der Waals surface area contributed by atoms with Crippen LogP contribution in [0.15, 0.2) is 28.1 Å². The van der Waals surface area contributed by atoms with Crippen LogP contribution >= 0.6 is 11.8 Å². The Kier molecular flexibility index (Phi) is 5.06. The summed E-state index contributed by atoms with van der Waals surface area (Å²) in [4.78, 5) is 1.07. The first-order valence-electron chi connectivity index (χ1n) is 7.14. The molecule has 1 aromatic carbocycles. The Morgan fingerprint density at radius 1 is 1.33 bits per heavy atom. The number of benzene rings is 1. The quantitative estimate of drug-likeness (QED) is 0.905. The van der Waals surface area contributed by atoms with E-state index in [1.165, 1.54) is 0 Å². The number of aryl methyl sites for hydroxylation is 3. The highest BCUT2D eigenvalue weighted by molar-refractivity contribution is 7.99. The maximum absolute atomic E-state index is 13.9. The van der Waals surface area contributed by atoms with Crippen molar-refractivity contribution < 1.29 is 4.39 Å². The predicted molar refractivity (Wildman–Crippen MR) is 85.3 cm³/mol. The molecule has 1 aromatic heterocycles. The topological polar surface area (TPSA) is 29.9 Å². The summed E-state index contributed by atoms with van der Waals surface area (Å²) in [7, 11) is 1.93. The molecule has 0 aliphatic rings. The summed E-state index contributed by atoms with van der Waals surface area (Å²) in [6.07, 6.45) is 0. The molecule has 0 aliphatic carbocycles. The van der Waals surface area contributed by atoms with Crippen LogP contribution in [0.5, 0.6) is 0 Å². The molecule has 21 heavy (non-hydrogen) atoms. The predicted octanol–water partition coefficient (Wildman–Crippen LogP) is 4.00. The van der Waals surface area contributed by atoms with Crippen LogP contribution in [-0.4, -0.2) is 16.3 Å². The second-order valence-electron chi connectivity index (χ2n) is 5.27. The molecule has 0 amide bonds. The first kappa shape index (κ1) is 16.0. The summed E-state index contributed by atoms with van der Waals surface area (Å²) in [5.74, 6) is -0.153. The fraction of sp³-hybridized carbons (Fsp3) is 0.438. The lowest BCUT2D eigenvalue weighted by molar-refractivity contribution is 0.571. The number of halogens is 1. The zero-order valence-corrected chi connectivity index (χ0v) is 14.0. The van der Waals surface area contributed by atoms with Gasteiger partial charge in [0.2, 0.25) is 0 Å². The number of hydrogen-bond donors (Lipinski definition) is 1. The van der Waals surface area contributed by atoms with Crippen molar-refractivity contribution in [2.45, 2.75) is 43.7 Å². The Labute approximate surface area is 129 Å². The molecule has 2 aromatic rings. The Bertz CT molecular complexity index is 637. The Morgan fingerprint density at radius 3 is 2.62 bits per heavy atom. The van der Waals surface area contributed by atoms with E-state index in [-0.39, 0.29) is 11.9 Å². The van der Waals surface area contributed by atoms with Gasteiger partial charge in [-0.25, -0.2) is 4.39 Å². The molecule has 0 fully saturated rings. The molecule has 1 heterocycles. The van der Waals surface area contributed by atoms with Gasteiger partial charge in [-0.05, 0) is 56.6 Å².